The Morgan fingerprint density at radius 1 is 0.500 bits per heavy atom. The minimum atomic E-state index is -0.959. The van der Waals surface area contributed by atoms with Crippen LogP contribution in [0.3, 0.4) is 0 Å². The van der Waals surface area contributed by atoms with Crippen molar-refractivity contribution in [2.75, 3.05) is 0 Å². The highest BCUT2D eigenvalue weighted by Gasteiger charge is 2.50. The van der Waals surface area contributed by atoms with Gasteiger partial charge >= 0.3 is 11.9 Å². The summed E-state index contributed by atoms with van der Waals surface area (Å²) in [6.45, 7) is 12.5. The molecule has 2 aromatic heterocycles. The summed E-state index contributed by atoms with van der Waals surface area (Å²) in [7, 11) is 0. The zero-order valence-corrected chi connectivity index (χ0v) is 36.9. The normalized spacial score (nSPS) is 29.2. The lowest BCUT2D eigenvalue weighted by atomic mass is 9.54. The number of carbonyl (C=O) groups excluding carboxylic acids is 2. The number of carbonyl (C=O) groups is 4. The maximum absolute atomic E-state index is 13.5. The van der Waals surface area contributed by atoms with Crippen LogP contribution in [0, 0.1) is 47.3 Å². The van der Waals surface area contributed by atoms with Crippen molar-refractivity contribution in [2.45, 2.75) is 129 Å². The first-order valence-corrected chi connectivity index (χ1v) is 22.9. The molecular weight excluding hydrogens is 781 g/mol. The van der Waals surface area contributed by atoms with Gasteiger partial charge in [0.2, 0.25) is 0 Å². The van der Waals surface area contributed by atoms with Gasteiger partial charge in [-0.2, -0.15) is 10.2 Å². The number of amides is 2. The summed E-state index contributed by atoms with van der Waals surface area (Å²) >= 11 is 0. The molecule has 2 heterocycles. The van der Waals surface area contributed by atoms with Crippen molar-refractivity contribution < 1.29 is 29.4 Å². The molecule has 8 bridgehead atoms. The van der Waals surface area contributed by atoms with E-state index in [9.17, 15) is 29.4 Å². The first-order valence-electron chi connectivity index (χ1n) is 22.9. The topological polar surface area (TPSA) is 168 Å². The Labute approximate surface area is 364 Å². The lowest BCUT2D eigenvalue weighted by molar-refractivity contribution is -0.0119. The van der Waals surface area contributed by atoms with Crippen LogP contribution in [0.2, 0.25) is 0 Å². The average Bonchev–Trinajstić information content (AvgIpc) is 3.88. The second-order valence-electron chi connectivity index (χ2n) is 21.7. The Kier molecular flexibility index (Phi) is 10.7. The fourth-order valence-electron chi connectivity index (χ4n) is 13.1. The average molecular weight is 843 g/mol. The highest BCUT2D eigenvalue weighted by atomic mass is 16.4. The molecule has 4 N–H and O–H groups in total. The maximum Gasteiger partial charge on any atom is 0.335 e. The summed E-state index contributed by atoms with van der Waals surface area (Å²) in [5, 5.41) is 34.3. The second-order valence-corrected chi connectivity index (χ2v) is 21.7. The molecule has 2 aromatic carbocycles. The van der Waals surface area contributed by atoms with Gasteiger partial charge in [0.1, 0.15) is 0 Å². The smallest absolute Gasteiger partial charge is 0.335 e. The van der Waals surface area contributed by atoms with E-state index in [1.807, 2.05) is 0 Å². The van der Waals surface area contributed by atoms with Crippen LogP contribution in [0.15, 0.2) is 60.9 Å². The Balaban J connectivity index is 0.000000158. The number of carboxylic acids is 2. The lowest BCUT2D eigenvalue weighted by Crippen LogP contribution is -2.55. The van der Waals surface area contributed by atoms with E-state index in [4.69, 9.17) is 0 Å². The van der Waals surface area contributed by atoms with Crippen LogP contribution >= 0.6 is 0 Å². The van der Waals surface area contributed by atoms with Crippen LogP contribution in [-0.4, -0.2) is 65.6 Å². The van der Waals surface area contributed by atoms with Gasteiger partial charge in [0.05, 0.1) is 57.4 Å². The van der Waals surface area contributed by atoms with Crippen molar-refractivity contribution in [2.24, 2.45) is 47.3 Å². The summed E-state index contributed by atoms with van der Waals surface area (Å²) in [4.78, 5) is 49.3. The fraction of sp³-hybridized carbons (Fsp3) is 0.560. The van der Waals surface area contributed by atoms with Gasteiger partial charge in [-0.3, -0.25) is 9.59 Å². The number of rotatable bonds is 8. The summed E-state index contributed by atoms with van der Waals surface area (Å²) in [5.74, 6) is 4.00. The van der Waals surface area contributed by atoms with Crippen molar-refractivity contribution in [1.82, 2.24) is 30.2 Å². The number of hydrogen-bond donors (Lipinski definition) is 4. The van der Waals surface area contributed by atoms with Crippen molar-refractivity contribution in [1.29, 1.82) is 0 Å². The Hall–Kier alpha value is -5.26. The van der Waals surface area contributed by atoms with Crippen LogP contribution < -0.4 is 10.6 Å². The van der Waals surface area contributed by atoms with Crippen molar-refractivity contribution >= 4 is 23.8 Å². The molecule has 328 valence electrons. The third-order valence-corrected chi connectivity index (χ3v) is 15.2. The minimum absolute atomic E-state index is 0.0317. The molecule has 8 fully saturated rings. The Bertz CT molecular complexity index is 2140. The van der Waals surface area contributed by atoms with Crippen LogP contribution in [0.25, 0.3) is 11.4 Å². The van der Waals surface area contributed by atoms with Gasteiger partial charge in [0.15, 0.2) is 0 Å². The van der Waals surface area contributed by atoms with Crippen molar-refractivity contribution in [3.63, 3.8) is 0 Å². The molecule has 0 unspecified atom stereocenters. The molecule has 12 heteroatoms. The predicted octanol–water partition coefficient (Wildman–Crippen LogP) is 8.85. The van der Waals surface area contributed by atoms with Crippen LogP contribution in [0.1, 0.15) is 159 Å². The monoisotopic (exact) mass is 842 g/mol. The third-order valence-electron chi connectivity index (χ3n) is 15.2. The molecule has 0 radical (unpaired) electrons. The molecule has 0 spiro atoms. The summed E-state index contributed by atoms with van der Waals surface area (Å²) in [5.41, 5.74) is 4.27. The molecule has 12 nitrogen and oxygen atoms in total. The Morgan fingerprint density at radius 3 is 1.05 bits per heavy atom. The summed E-state index contributed by atoms with van der Waals surface area (Å²) < 4.78 is 3.55. The minimum Gasteiger partial charge on any atom is -0.478 e. The number of nitrogens with zero attached hydrogens (tertiary/aromatic N) is 4. The van der Waals surface area contributed by atoms with Gasteiger partial charge in [-0.1, -0.05) is 41.5 Å². The summed E-state index contributed by atoms with van der Waals surface area (Å²) in [6.07, 6.45) is 16.2. The van der Waals surface area contributed by atoms with E-state index >= 15 is 0 Å². The fourth-order valence-corrected chi connectivity index (χ4v) is 13.1. The van der Waals surface area contributed by atoms with E-state index < -0.39 is 11.9 Å². The van der Waals surface area contributed by atoms with E-state index in [2.05, 4.69) is 62.4 Å². The number of hydrogen-bond acceptors (Lipinski definition) is 6. The van der Waals surface area contributed by atoms with Gasteiger partial charge in [-0.05, 0) is 160 Å². The molecule has 0 saturated heterocycles. The Morgan fingerprint density at radius 2 is 0.790 bits per heavy atom. The molecule has 62 heavy (non-hydrogen) atoms. The molecule has 8 aliphatic rings. The highest BCUT2D eigenvalue weighted by Crippen LogP contribution is 2.55. The molecule has 0 aliphatic heterocycles. The molecule has 2 amide bonds. The highest BCUT2D eigenvalue weighted by molar-refractivity contribution is 5.96. The van der Waals surface area contributed by atoms with Gasteiger partial charge in [0, 0.05) is 22.9 Å². The number of carboxylic acid groups (broad SMARTS) is 2. The first kappa shape index (κ1) is 42.1. The molecule has 8 aliphatic carbocycles. The quantitative estimate of drug-likeness (QED) is 0.136. The van der Waals surface area contributed by atoms with E-state index in [1.165, 1.54) is 64.2 Å². The van der Waals surface area contributed by atoms with Gasteiger partial charge < -0.3 is 20.8 Å². The standard InChI is InChI=1S/2C25H31N3O3/c2*1-25(2,3)22-20(13-26-28(22)19-6-4-16(5-7-19)24(30)31)23(29)27-21-17-9-14-8-15(11-17)12-18(21)10-14/h2*4-7,13-15,17-18,21H,8-12H2,1-3H3,(H,27,29)(H,30,31). The molecule has 0 atom stereocenters. The van der Waals surface area contributed by atoms with E-state index in [-0.39, 0.29) is 45.9 Å². The van der Waals surface area contributed by atoms with E-state index in [0.29, 0.717) is 34.8 Å². The van der Waals surface area contributed by atoms with Crippen LogP contribution in [0.5, 0.6) is 0 Å². The number of aromatic nitrogens is 4. The zero-order valence-electron chi connectivity index (χ0n) is 36.9. The van der Waals surface area contributed by atoms with Crippen molar-refractivity contribution in [3.8, 4) is 11.4 Å². The number of aromatic carboxylic acids is 2. The number of nitrogens with one attached hydrogen (secondary N) is 2. The van der Waals surface area contributed by atoms with E-state index in [1.54, 1.807) is 70.3 Å². The third kappa shape index (κ3) is 7.98. The van der Waals surface area contributed by atoms with Gasteiger partial charge in [-0.15, -0.1) is 0 Å². The predicted molar refractivity (Wildman–Crippen MR) is 235 cm³/mol. The second kappa shape index (κ2) is 15.8. The zero-order chi connectivity index (χ0) is 43.8. The largest absolute Gasteiger partial charge is 0.478 e. The molecule has 8 saturated carbocycles. The van der Waals surface area contributed by atoms with Gasteiger partial charge in [0.25, 0.3) is 11.8 Å². The number of benzene rings is 2. The SMILES string of the molecule is CC(C)(C)c1c(C(=O)NC2C3CC4CC(C3)CC2C4)cnn1-c1ccc(C(=O)O)cc1.CC(C)(C)c1c(C(=O)NC2C3CC4CC(C3)CC2C4)cnn1-c1ccc(C(=O)O)cc1. The molecular formula is C50H62N6O6. The van der Waals surface area contributed by atoms with E-state index in [0.717, 1.165) is 46.4 Å². The first-order chi connectivity index (χ1) is 29.4. The summed E-state index contributed by atoms with van der Waals surface area (Å²) in [6, 6.07) is 13.8. The molecule has 12 rings (SSSR count). The van der Waals surface area contributed by atoms with Crippen LogP contribution in [-0.2, 0) is 10.8 Å². The van der Waals surface area contributed by atoms with Gasteiger partial charge in [-0.25, -0.2) is 19.0 Å². The van der Waals surface area contributed by atoms with Crippen LogP contribution in [0.4, 0.5) is 0 Å². The maximum atomic E-state index is 13.5. The molecule has 4 aromatic rings. The van der Waals surface area contributed by atoms with Crippen molar-refractivity contribution in [3.05, 3.63) is 94.6 Å². The lowest BCUT2D eigenvalue weighted by Gasteiger charge is -2.54.